The minimum Gasteiger partial charge on any atom is -0.303 e. The van der Waals surface area contributed by atoms with E-state index in [1.54, 1.807) is 11.5 Å². The molecule has 0 spiro atoms. The molecule has 3 fully saturated rings. The van der Waals surface area contributed by atoms with Gasteiger partial charge in [-0.05, 0) is 55.0 Å². The molecular weight excluding hydrogens is 297 g/mol. The van der Waals surface area contributed by atoms with Crippen LogP contribution in [0.1, 0.15) is 34.3 Å². The van der Waals surface area contributed by atoms with E-state index in [0.717, 1.165) is 31.2 Å². The lowest BCUT2D eigenvalue weighted by Crippen LogP contribution is -2.45. The number of hydrogen-bond acceptors (Lipinski definition) is 4. The number of benzene rings is 1. The minimum atomic E-state index is -0.665. The Morgan fingerprint density at radius 3 is 2.91 bits per heavy atom. The van der Waals surface area contributed by atoms with Crippen molar-refractivity contribution in [2.75, 3.05) is 26.7 Å². The van der Waals surface area contributed by atoms with Crippen molar-refractivity contribution in [3.63, 3.8) is 0 Å². The molecule has 1 aliphatic carbocycles. The zero-order valence-electron chi connectivity index (χ0n) is 13.3. The summed E-state index contributed by atoms with van der Waals surface area (Å²) in [5, 5.41) is 8.75. The maximum Gasteiger partial charge on any atom is 0.274 e. The Balaban J connectivity index is 1.52. The van der Waals surface area contributed by atoms with E-state index in [4.69, 9.17) is 5.21 Å². The van der Waals surface area contributed by atoms with Gasteiger partial charge in [-0.2, -0.15) is 0 Å². The molecule has 0 aromatic heterocycles. The Kier molecular flexibility index (Phi) is 3.44. The molecule has 124 valence electrons. The number of nitrogens with one attached hydrogen (secondary N) is 1. The van der Waals surface area contributed by atoms with E-state index in [-0.39, 0.29) is 11.4 Å². The molecule has 1 aromatic carbocycles. The Morgan fingerprint density at radius 1 is 1.48 bits per heavy atom. The molecule has 3 heterocycles. The van der Waals surface area contributed by atoms with Crippen LogP contribution in [0.5, 0.6) is 0 Å². The van der Waals surface area contributed by atoms with Crippen LogP contribution < -0.4 is 5.48 Å². The second kappa shape index (κ2) is 5.26. The molecule has 0 radical (unpaired) electrons. The monoisotopic (exact) mass is 319 g/mol. The highest BCUT2D eigenvalue weighted by atomic mass is 19.1. The van der Waals surface area contributed by atoms with Gasteiger partial charge in [-0.25, -0.2) is 9.87 Å². The number of carbonyl (C=O) groups is 1. The minimum absolute atomic E-state index is 0.174. The second-order valence-electron chi connectivity index (χ2n) is 7.47. The predicted octanol–water partition coefficient (Wildman–Crippen LogP) is 1.40. The summed E-state index contributed by atoms with van der Waals surface area (Å²) in [5.41, 5.74) is 3.74. The van der Waals surface area contributed by atoms with Gasteiger partial charge < -0.3 is 4.90 Å². The number of nitrogens with zero attached hydrogens (tertiary/aromatic N) is 2. The van der Waals surface area contributed by atoms with Gasteiger partial charge in [0.25, 0.3) is 5.91 Å². The first-order valence-electron chi connectivity index (χ1n) is 8.18. The van der Waals surface area contributed by atoms with Crippen LogP contribution in [0.3, 0.4) is 0 Å². The number of rotatable bonds is 3. The number of amides is 1. The Morgan fingerprint density at radius 2 is 2.26 bits per heavy atom. The van der Waals surface area contributed by atoms with Gasteiger partial charge in [-0.1, -0.05) is 0 Å². The number of hydrogen-bond donors (Lipinski definition) is 2. The lowest BCUT2D eigenvalue weighted by molar-refractivity contribution is 0.0705. The lowest BCUT2D eigenvalue weighted by atomic mass is 9.69. The molecule has 0 unspecified atom stereocenters. The zero-order valence-corrected chi connectivity index (χ0v) is 13.3. The largest absolute Gasteiger partial charge is 0.303 e. The van der Waals surface area contributed by atoms with Gasteiger partial charge >= 0.3 is 0 Å². The number of carbonyl (C=O) groups excluding carboxylic acids is 1. The molecule has 2 saturated heterocycles. The summed E-state index contributed by atoms with van der Waals surface area (Å²) in [4.78, 5) is 16.4. The first-order chi connectivity index (χ1) is 11.0. The molecule has 1 aromatic rings. The van der Waals surface area contributed by atoms with Crippen molar-refractivity contribution in [3.8, 4) is 0 Å². The van der Waals surface area contributed by atoms with Gasteiger partial charge in [0.1, 0.15) is 5.82 Å². The van der Waals surface area contributed by atoms with Crippen molar-refractivity contribution >= 4 is 5.91 Å². The van der Waals surface area contributed by atoms with E-state index >= 15 is 0 Å². The van der Waals surface area contributed by atoms with E-state index in [2.05, 4.69) is 16.8 Å². The first-order valence-corrected chi connectivity index (χ1v) is 8.18. The molecule has 5 rings (SSSR count). The molecule has 2 bridgehead atoms. The van der Waals surface area contributed by atoms with Gasteiger partial charge in [-0.3, -0.25) is 14.9 Å². The smallest absolute Gasteiger partial charge is 0.274 e. The molecule has 6 heteroatoms. The van der Waals surface area contributed by atoms with Gasteiger partial charge in [0, 0.05) is 37.8 Å². The average Bonchev–Trinajstić information content (AvgIpc) is 2.97. The molecule has 1 saturated carbocycles. The van der Waals surface area contributed by atoms with E-state index < -0.39 is 5.91 Å². The van der Waals surface area contributed by atoms with Crippen molar-refractivity contribution in [1.29, 1.82) is 0 Å². The SMILES string of the molecule is CN1CC2(CN3CCc4c(F)cc(C(=O)NO)cc4C3)CC1C2. The van der Waals surface area contributed by atoms with Crippen molar-refractivity contribution < 1.29 is 14.4 Å². The highest BCUT2D eigenvalue weighted by molar-refractivity contribution is 5.93. The fourth-order valence-electron chi connectivity index (χ4n) is 4.73. The van der Waals surface area contributed by atoms with Crippen LogP contribution in [0.15, 0.2) is 12.1 Å². The molecule has 0 atom stereocenters. The zero-order chi connectivity index (χ0) is 16.2. The molecular formula is C17H22FN3O2. The first kappa shape index (κ1) is 15.1. The molecule has 1 amide bonds. The van der Waals surface area contributed by atoms with Crippen LogP contribution in [-0.4, -0.2) is 53.6 Å². The van der Waals surface area contributed by atoms with Crippen LogP contribution >= 0.6 is 0 Å². The second-order valence-corrected chi connectivity index (χ2v) is 7.47. The predicted molar refractivity (Wildman–Crippen MR) is 82.7 cm³/mol. The summed E-state index contributed by atoms with van der Waals surface area (Å²) >= 11 is 0. The van der Waals surface area contributed by atoms with Gasteiger partial charge in [0.05, 0.1) is 0 Å². The molecule has 23 heavy (non-hydrogen) atoms. The summed E-state index contributed by atoms with van der Waals surface area (Å²) in [5.74, 6) is -1.01. The number of fused-ring (bicyclic) bond motifs is 2. The van der Waals surface area contributed by atoms with Crippen LogP contribution in [0.4, 0.5) is 4.39 Å². The van der Waals surface area contributed by atoms with Crippen molar-refractivity contribution in [2.24, 2.45) is 5.41 Å². The summed E-state index contributed by atoms with van der Waals surface area (Å²) < 4.78 is 14.2. The van der Waals surface area contributed by atoms with Crippen LogP contribution in [0.25, 0.3) is 0 Å². The third-order valence-electron chi connectivity index (χ3n) is 5.83. The topological polar surface area (TPSA) is 55.8 Å². The Hall–Kier alpha value is -1.50. The highest BCUT2D eigenvalue weighted by Gasteiger charge is 2.54. The number of hydroxylamine groups is 1. The van der Waals surface area contributed by atoms with Gasteiger partial charge in [0.2, 0.25) is 0 Å². The van der Waals surface area contributed by atoms with Crippen LogP contribution in [0.2, 0.25) is 0 Å². The quantitative estimate of drug-likeness (QED) is 0.653. The normalized spacial score (nSPS) is 30.0. The Labute approximate surface area is 135 Å². The average molecular weight is 319 g/mol. The van der Waals surface area contributed by atoms with Crippen LogP contribution in [-0.2, 0) is 13.0 Å². The highest BCUT2D eigenvalue weighted by Crippen LogP contribution is 2.51. The van der Waals surface area contributed by atoms with E-state index in [9.17, 15) is 9.18 Å². The van der Waals surface area contributed by atoms with Crippen molar-refractivity contribution in [3.05, 3.63) is 34.6 Å². The molecule has 5 nitrogen and oxygen atoms in total. The third kappa shape index (κ3) is 2.45. The lowest BCUT2D eigenvalue weighted by Gasteiger charge is -2.42. The third-order valence-corrected chi connectivity index (χ3v) is 5.83. The van der Waals surface area contributed by atoms with E-state index in [1.165, 1.54) is 18.9 Å². The fourth-order valence-corrected chi connectivity index (χ4v) is 4.73. The van der Waals surface area contributed by atoms with E-state index in [1.807, 2.05) is 0 Å². The molecule has 3 aliphatic heterocycles. The summed E-state index contributed by atoms with van der Waals surface area (Å²) in [6.07, 6.45) is 3.22. The molecule has 2 N–H and O–H groups in total. The van der Waals surface area contributed by atoms with E-state index in [0.29, 0.717) is 23.9 Å². The fraction of sp³-hybridized carbons (Fsp3) is 0.588. The number of halogens is 1. The summed E-state index contributed by atoms with van der Waals surface area (Å²) in [7, 11) is 2.19. The Bertz CT molecular complexity index is 657. The maximum absolute atomic E-state index is 14.2. The van der Waals surface area contributed by atoms with Gasteiger partial charge in [0.15, 0.2) is 0 Å². The van der Waals surface area contributed by atoms with Crippen LogP contribution in [0, 0.1) is 11.2 Å². The van der Waals surface area contributed by atoms with Crippen molar-refractivity contribution in [2.45, 2.75) is 31.8 Å². The summed E-state index contributed by atoms with van der Waals surface area (Å²) in [6.45, 7) is 3.74. The summed E-state index contributed by atoms with van der Waals surface area (Å²) in [6, 6.07) is 3.67. The molecule has 4 aliphatic rings. The van der Waals surface area contributed by atoms with Gasteiger partial charge in [-0.15, -0.1) is 0 Å². The standard InChI is InChI=1S/C17H22FN3O2/c1-20-9-17(6-13(20)7-17)10-21-3-2-14-12(8-21)4-11(5-15(14)18)16(22)19-23/h4-5,13,23H,2-3,6-10H2,1H3,(H,19,22). The van der Waals surface area contributed by atoms with Crippen molar-refractivity contribution in [1.82, 2.24) is 15.3 Å². The maximum atomic E-state index is 14.2.